The van der Waals surface area contributed by atoms with E-state index in [2.05, 4.69) is 0 Å². The molecule has 0 saturated carbocycles. The molecule has 0 fully saturated rings. The number of ether oxygens (including phenoxy) is 3. The van der Waals surface area contributed by atoms with Gasteiger partial charge in [0.1, 0.15) is 18.3 Å². The summed E-state index contributed by atoms with van der Waals surface area (Å²) in [4.78, 5) is 0.993. The second-order valence-electron chi connectivity index (χ2n) is 9.74. The molecular formula is C34H38O5S. The van der Waals surface area contributed by atoms with Crippen LogP contribution in [0.15, 0.2) is 120 Å². The Morgan fingerprint density at radius 1 is 0.650 bits per heavy atom. The van der Waals surface area contributed by atoms with E-state index in [0.29, 0.717) is 19.8 Å². The summed E-state index contributed by atoms with van der Waals surface area (Å²) in [6.45, 7) is 3.04. The fraction of sp³-hybridized carbons (Fsp3) is 0.294. The fourth-order valence-corrected chi connectivity index (χ4v) is 5.38. The third-order valence-electron chi connectivity index (χ3n) is 6.56. The van der Waals surface area contributed by atoms with Crippen molar-refractivity contribution in [2.45, 2.75) is 55.2 Å². The largest absolute Gasteiger partial charge is 0.395 e. The number of aryl methyl sites for hydroxylation is 1. The Kier molecular flexibility index (Phi) is 12.2. The molecule has 0 spiro atoms. The van der Waals surface area contributed by atoms with E-state index in [4.69, 9.17) is 14.2 Å². The highest BCUT2D eigenvalue weighted by atomic mass is 32.2. The van der Waals surface area contributed by atoms with Gasteiger partial charge in [-0.3, -0.25) is 0 Å². The van der Waals surface area contributed by atoms with Gasteiger partial charge in [-0.15, -0.1) is 11.8 Å². The van der Waals surface area contributed by atoms with Gasteiger partial charge in [0.15, 0.2) is 0 Å². The first-order chi connectivity index (χ1) is 19.6. The van der Waals surface area contributed by atoms with Crippen LogP contribution in [0, 0.1) is 6.92 Å². The molecule has 0 aliphatic heterocycles. The maximum atomic E-state index is 11.8. The van der Waals surface area contributed by atoms with Gasteiger partial charge in [-0.25, -0.2) is 0 Å². The van der Waals surface area contributed by atoms with Crippen molar-refractivity contribution in [1.29, 1.82) is 0 Å². The Hall–Kier alpha value is -2.97. The van der Waals surface area contributed by atoms with Crippen LogP contribution in [-0.4, -0.2) is 47.0 Å². The van der Waals surface area contributed by atoms with Gasteiger partial charge in [-0.05, 0) is 35.7 Å². The number of thioether (sulfide) groups is 1. The second kappa shape index (κ2) is 16.3. The lowest BCUT2D eigenvalue weighted by Crippen LogP contribution is -2.48. The first-order valence-corrected chi connectivity index (χ1v) is 14.5. The predicted octanol–water partition coefficient (Wildman–Crippen LogP) is 6.20. The third kappa shape index (κ3) is 9.59. The Labute approximate surface area is 241 Å². The summed E-state index contributed by atoms with van der Waals surface area (Å²) in [6.07, 6.45) is -2.46. The highest BCUT2D eigenvalue weighted by molar-refractivity contribution is 8.00. The van der Waals surface area contributed by atoms with E-state index in [-0.39, 0.29) is 13.2 Å². The van der Waals surface area contributed by atoms with Crippen molar-refractivity contribution in [1.82, 2.24) is 0 Å². The molecule has 4 aromatic rings. The molecule has 6 heteroatoms. The number of aliphatic hydroxyl groups excluding tert-OH is 2. The maximum Gasteiger partial charge on any atom is 0.110 e. The molecule has 210 valence electrons. The minimum absolute atomic E-state index is 0.168. The fourth-order valence-electron chi connectivity index (χ4n) is 4.29. The highest BCUT2D eigenvalue weighted by Crippen LogP contribution is 2.30. The van der Waals surface area contributed by atoms with E-state index in [0.717, 1.165) is 27.1 Å². The topological polar surface area (TPSA) is 68.2 Å². The van der Waals surface area contributed by atoms with Crippen molar-refractivity contribution >= 4 is 11.8 Å². The summed E-state index contributed by atoms with van der Waals surface area (Å²) in [6, 6.07) is 37.7. The van der Waals surface area contributed by atoms with Gasteiger partial charge < -0.3 is 24.4 Å². The average Bonchev–Trinajstić information content (AvgIpc) is 3.00. The third-order valence-corrected chi connectivity index (χ3v) is 7.82. The molecule has 4 atom stereocenters. The lowest BCUT2D eigenvalue weighted by atomic mass is 10.0. The number of hydrogen-bond acceptors (Lipinski definition) is 6. The van der Waals surface area contributed by atoms with Gasteiger partial charge in [-0.1, -0.05) is 109 Å². The summed E-state index contributed by atoms with van der Waals surface area (Å²) in [5.74, 6) is 0. The molecule has 0 bridgehead atoms. The van der Waals surface area contributed by atoms with Crippen LogP contribution in [-0.2, 0) is 34.0 Å². The highest BCUT2D eigenvalue weighted by Gasteiger charge is 2.36. The SMILES string of the molecule is Cc1ccc(S[C@H](CO)[C@H](OCc2ccccc2)[C@H](O)[C@@H](COCc2ccccc2)OCc2ccccc2)cc1. The molecule has 0 aliphatic carbocycles. The average molecular weight is 559 g/mol. The van der Waals surface area contributed by atoms with Gasteiger partial charge in [-0.2, -0.15) is 0 Å². The summed E-state index contributed by atoms with van der Waals surface area (Å²) >= 11 is 1.49. The first-order valence-electron chi connectivity index (χ1n) is 13.6. The summed E-state index contributed by atoms with van der Waals surface area (Å²) in [7, 11) is 0. The van der Waals surface area contributed by atoms with Gasteiger partial charge in [0.25, 0.3) is 0 Å². The van der Waals surface area contributed by atoms with Crippen LogP contribution < -0.4 is 0 Å². The molecule has 40 heavy (non-hydrogen) atoms. The van der Waals surface area contributed by atoms with E-state index in [1.54, 1.807) is 0 Å². The van der Waals surface area contributed by atoms with Gasteiger partial charge in [0.05, 0.1) is 38.3 Å². The molecule has 0 heterocycles. The Morgan fingerprint density at radius 2 is 1.15 bits per heavy atom. The molecule has 0 saturated heterocycles. The van der Waals surface area contributed by atoms with E-state index in [1.165, 1.54) is 11.8 Å². The molecule has 0 aliphatic rings. The van der Waals surface area contributed by atoms with Crippen LogP contribution in [0.5, 0.6) is 0 Å². The molecule has 0 amide bonds. The van der Waals surface area contributed by atoms with Crippen LogP contribution >= 0.6 is 11.8 Å². The molecule has 4 aromatic carbocycles. The van der Waals surface area contributed by atoms with Crippen molar-refractivity contribution in [2.75, 3.05) is 13.2 Å². The van der Waals surface area contributed by atoms with E-state index in [9.17, 15) is 10.2 Å². The number of hydrogen-bond donors (Lipinski definition) is 2. The van der Waals surface area contributed by atoms with Gasteiger partial charge >= 0.3 is 0 Å². The predicted molar refractivity (Wildman–Crippen MR) is 160 cm³/mol. The Morgan fingerprint density at radius 3 is 1.68 bits per heavy atom. The Balaban J connectivity index is 1.53. The van der Waals surface area contributed by atoms with Crippen LogP contribution in [0.25, 0.3) is 0 Å². The zero-order valence-electron chi connectivity index (χ0n) is 22.8. The maximum absolute atomic E-state index is 11.8. The van der Waals surface area contributed by atoms with Crippen LogP contribution in [0.2, 0.25) is 0 Å². The molecule has 0 unspecified atom stereocenters. The smallest absolute Gasteiger partial charge is 0.110 e. The molecule has 0 aromatic heterocycles. The molecule has 0 radical (unpaired) electrons. The lowest BCUT2D eigenvalue weighted by molar-refractivity contribution is -0.143. The molecule has 4 rings (SSSR count). The zero-order chi connectivity index (χ0) is 28.0. The van der Waals surface area contributed by atoms with E-state index < -0.39 is 23.6 Å². The van der Waals surface area contributed by atoms with E-state index >= 15 is 0 Å². The van der Waals surface area contributed by atoms with Crippen molar-refractivity contribution in [3.05, 3.63) is 138 Å². The number of aliphatic hydroxyl groups is 2. The summed E-state index contributed by atoms with van der Waals surface area (Å²) in [5, 5.41) is 21.8. The monoisotopic (exact) mass is 558 g/mol. The lowest BCUT2D eigenvalue weighted by Gasteiger charge is -2.34. The van der Waals surface area contributed by atoms with Crippen LogP contribution in [0.4, 0.5) is 0 Å². The van der Waals surface area contributed by atoms with E-state index in [1.807, 2.05) is 122 Å². The van der Waals surface area contributed by atoms with Crippen molar-refractivity contribution < 1.29 is 24.4 Å². The molecule has 2 N–H and O–H groups in total. The summed E-state index contributed by atoms with van der Waals surface area (Å²) < 4.78 is 18.7. The number of benzene rings is 4. The normalized spacial score (nSPS) is 14.4. The van der Waals surface area contributed by atoms with Crippen LogP contribution in [0.3, 0.4) is 0 Å². The standard InChI is InChI=1S/C34H38O5S/c1-26-17-19-30(20-18-26)40-32(21-35)34(39-24-29-15-9-4-10-16-29)33(36)31(38-23-28-13-7-3-8-14-28)25-37-22-27-11-5-2-6-12-27/h2-20,31-36H,21-25H2,1H3/t31-,32-,33-,34+/m1/s1. The van der Waals surface area contributed by atoms with Gasteiger partial charge in [0, 0.05) is 4.90 Å². The second-order valence-corrected chi connectivity index (χ2v) is 11.1. The van der Waals surface area contributed by atoms with Crippen molar-refractivity contribution in [2.24, 2.45) is 0 Å². The minimum atomic E-state index is -1.06. The minimum Gasteiger partial charge on any atom is -0.395 e. The Bertz CT molecular complexity index is 1220. The van der Waals surface area contributed by atoms with Gasteiger partial charge in [0.2, 0.25) is 0 Å². The first kappa shape index (κ1) is 30.0. The van der Waals surface area contributed by atoms with Crippen LogP contribution in [0.1, 0.15) is 22.3 Å². The quantitative estimate of drug-likeness (QED) is 0.160. The summed E-state index contributed by atoms with van der Waals surface area (Å²) in [5.41, 5.74) is 4.18. The van der Waals surface area contributed by atoms with Crippen molar-refractivity contribution in [3.8, 4) is 0 Å². The zero-order valence-corrected chi connectivity index (χ0v) is 23.7. The molecular weight excluding hydrogens is 520 g/mol. The van der Waals surface area contributed by atoms with Crippen molar-refractivity contribution in [3.63, 3.8) is 0 Å². The number of rotatable bonds is 16. The molecule has 5 nitrogen and oxygen atoms in total.